The molecule has 0 heterocycles. The van der Waals surface area contributed by atoms with Gasteiger partial charge in [-0.2, -0.15) is 0 Å². The zero-order chi connectivity index (χ0) is 14.7. The molecule has 0 spiro atoms. The molecule has 3 aromatic carbocycles. The number of hydrogen-bond acceptors (Lipinski definition) is 0. The molecule has 0 fully saturated rings. The molecule has 0 atom stereocenters. The van der Waals surface area contributed by atoms with Crippen LogP contribution in [0, 0.1) is 0 Å². The SMILES string of the molecule is C[Si](c1ccccc1)(c1ccccc1)c1ccc(Cl)cc1. The maximum atomic E-state index is 6.07. The normalized spacial score (nSPS) is 11.3. The number of rotatable bonds is 3. The van der Waals surface area contributed by atoms with Crippen molar-refractivity contribution in [2.75, 3.05) is 0 Å². The van der Waals surface area contributed by atoms with E-state index in [0.29, 0.717) is 0 Å². The summed E-state index contributed by atoms with van der Waals surface area (Å²) in [7, 11) is -1.96. The minimum atomic E-state index is -1.96. The van der Waals surface area contributed by atoms with Crippen LogP contribution in [-0.2, 0) is 0 Å². The molecule has 0 aliphatic carbocycles. The maximum absolute atomic E-state index is 6.07. The molecule has 0 aliphatic rings. The van der Waals surface area contributed by atoms with Crippen LogP contribution in [0.2, 0.25) is 11.6 Å². The van der Waals surface area contributed by atoms with Gasteiger partial charge in [0.05, 0.1) is 0 Å². The highest BCUT2D eigenvalue weighted by Gasteiger charge is 2.33. The zero-order valence-electron chi connectivity index (χ0n) is 12.0. The Hall–Kier alpha value is -1.83. The molecule has 3 rings (SSSR count). The van der Waals surface area contributed by atoms with Gasteiger partial charge in [-0.05, 0) is 27.7 Å². The molecule has 0 saturated carbocycles. The fourth-order valence-corrected chi connectivity index (χ4v) is 6.50. The van der Waals surface area contributed by atoms with Crippen LogP contribution in [0.1, 0.15) is 0 Å². The van der Waals surface area contributed by atoms with E-state index < -0.39 is 8.07 Å². The average Bonchev–Trinajstić information content (AvgIpc) is 2.56. The molecule has 0 aromatic heterocycles. The van der Waals surface area contributed by atoms with Crippen LogP contribution in [0.25, 0.3) is 0 Å². The number of benzene rings is 3. The van der Waals surface area contributed by atoms with Crippen LogP contribution in [0.4, 0.5) is 0 Å². The van der Waals surface area contributed by atoms with Gasteiger partial charge < -0.3 is 0 Å². The van der Waals surface area contributed by atoms with Crippen molar-refractivity contribution in [2.24, 2.45) is 0 Å². The van der Waals surface area contributed by atoms with Gasteiger partial charge in [0.1, 0.15) is 8.07 Å². The van der Waals surface area contributed by atoms with E-state index in [0.717, 1.165) is 5.02 Å². The standard InChI is InChI=1S/C19H17ClSi/c1-21(17-8-4-2-5-9-17,18-10-6-3-7-11-18)19-14-12-16(20)13-15-19/h2-15H,1H3. The Morgan fingerprint density at radius 3 is 1.38 bits per heavy atom. The zero-order valence-corrected chi connectivity index (χ0v) is 13.7. The quantitative estimate of drug-likeness (QED) is 0.513. The second kappa shape index (κ2) is 5.88. The first-order valence-corrected chi connectivity index (χ1v) is 9.96. The van der Waals surface area contributed by atoms with Gasteiger partial charge in [-0.15, -0.1) is 0 Å². The van der Waals surface area contributed by atoms with Crippen molar-refractivity contribution in [3.8, 4) is 0 Å². The second-order valence-electron chi connectivity index (χ2n) is 5.36. The van der Waals surface area contributed by atoms with Gasteiger partial charge in [-0.1, -0.05) is 90.9 Å². The van der Waals surface area contributed by atoms with Crippen LogP contribution in [-0.4, -0.2) is 8.07 Å². The van der Waals surface area contributed by atoms with Gasteiger partial charge in [-0.25, -0.2) is 0 Å². The minimum absolute atomic E-state index is 0.788. The van der Waals surface area contributed by atoms with E-state index in [2.05, 4.69) is 79.3 Å². The lowest BCUT2D eigenvalue weighted by molar-refractivity contribution is 1.66. The highest BCUT2D eigenvalue weighted by molar-refractivity contribution is 7.10. The highest BCUT2D eigenvalue weighted by Crippen LogP contribution is 2.10. The fraction of sp³-hybridized carbons (Fsp3) is 0.0526. The van der Waals surface area contributed by atoms with Crippen molar-refractivity contribution >= 4 is 35.2 Å². The van der Waals surface area contributed by atoms with Crippen molar-refractivity contribution in [1.29, 1.82) is 0 Å². The van der Waals surface area contributed by atoms with Crippen LogP contribution in [0.5, 0.6) is 0 Å². The van der Waals surface area contributed by atoms with E-state index in [1.165, 1.54) is 15.6 Å². The first-order chi connectivity index (χ1) is 10.2. The summed E-state index contributed by atoms with van der Waals surface area (Å²) in [6.07, 6.45) is 0. The van der Waals surface area contributed by atoms with E-state index in [9.17, 15) is 0 Å². The summed E-state index contributed by atoms with van der Waals surface area (Å²) in [5.74, 6) is 0. The molecule has 0 bridgehead atoms. The molecule has 0 nitrogen and oxygen atoms in total. The Balaban J connectivity index is 2.23. The smallest absolute Gasteiger partial charge is 0.0843 e. The predicted octanol–water partition coefficient (Wildman–Crippen LogP) is 3.44. The van der Waals surface area contributed by atoms with E-state index in [4.69, 9.17) is 11.6 Å². The molecular formula is C19H17ClSi. The highest BCUT2D eigenvalue weighted by atomic mass is 35.5. The van der Waals surface area contributed by atoms with Gasteiger partial charge in [0.2, 0.25) is 0 Å². The third kappa shape index (κ3) is 2.67. The molecular weight excluding hydrogens is 292 g/mol. The Morgan fingerprint density at radius 2 is 0.952 bits per heavy atom. The predicted molar refractivity (Wildman–Crippen MR) is 94.9 cm³/mol. The molecule has 21 heavy (non-hydrogen) atoms. The van der Waals surface area contributed by atoms with Gasteiger partial charge in [0.15, 0.2) is 0 Å². The Bertz CT molecular complexity index is 666. The molecule has 0 amide bonds. The van der Waals surface area contributed by atoms with Crippen molar-refractivity contribution in [2.45, 2.75) is 6.55 Å². The van der Waals surface area contributed by atoms with Crippen molar-refractivity contribution < 1.29 is 0 Å². The molecule has 0 unspecified atom stereocenters. The summed E-state index contributed by atoms with van der Waals surface area (Å²) in [6.45, 7) is 2.40. The van der Waals surface area contributed by atoms with Crippen LogP contribution in [0.15, 0.2) is 84.9 Å². The maximum Gasteiger partial charge on any atom is 0.145 e. The summed E-state index contributed by atoms with van der Waals surface area (Å²) < 4.78 is 0. The van der Waals surface area contributed by atoms with E-state index >= 15 is 0 Å². The first kappa shape index (κ1) is 14.1. The van der Waals surface area contributed by atoms with E-state index in [1.54, 1.807) is 0 Å². The third-order valence-electron chi connectivity index (χ3n) is 4.12. The van der Waals surface area contributed by atoms with Crippen LogP contribution < -0.4 is 15.6 Å². The third-order valence-corrected chi connectivity index (χ3v) is 8.84. The molecule has 0 saturated heterocycles. The molecule has 0 N–H and O–H groups in total. The Morgan fingerprint density at radius 1 is 0.571 bits per heavy atom. The lowest BCUT2D eigenvalue weighted by Crippen LogP contribution is -2.64. The topological polar surface area (TPSA) is 0 Å². The van der Waals surface area contributed by atoms with Gasteiger partial charge >= 0.3 is 0 Å². The lowest BCUT2D eigenvalue weighted by Gasteiger charge is -2.29. The van der Waals surface area contributed by atoms with Gasteiger partial charge in [0, 0.05) is 5.02 Å². The summed E-state index contributed by atoms with van der Waals surface area (Å²) in [5.41, 5.74) is 0. The van der Waals surface area contributed by atoms with Gasteiger partial charge in [-0.3, -0.25) is 0 Å². The van der Waals surface area contributed by atoms with Crippen LogP contribution >= 0.6 is 11.6 Å². The molecule has 104 valence electrons. The summed E-state index contributed by atoms with van der Waals surface area (Å²) >= 11 is 6.07. The molecule has 0 radical (unpaired) electrons. The Labute approximate surface area is 132 Å². The van der Waals surface area contributed by atoms with Crippen molar-refractivity contribution in [3.63, 3.8) is 0 Å². The lowest BCUT2D eigenvalue weighted by atomic mass is 10.3. The molecule has 2 heteroatoms. The number of halogens is 1. The minimum Gasteiger partial charge on any atom is -0.0843 e. The first-order valence-electron chi connectivity index (χ1n) is 7.08. The van der Waals surface area contributed by atoms with Crippen molar-refractivity contribution in [3.05, 3.63) is 90.0 Å². The molecule has 0 aliphatic heterocycles. The summed E-state index contributed by atoms with van der Waals surface area (Å²) in [4.78, 5) is 0. The average molecular weight is 309 g/mol. The van der Waals surface area contributed by atoms with E-state index in [-0.39, 0.29) is 0 Å². The number of hydrogen-bond donors (Lipinski definition) is 0. The van der Waals surface area contributed by atoms with Crippen LogP contribution in [0.3, 0.4) is 0 Å². The summed E-state index contributed by atoms with van der Waals surface area (Å²) in [6, 6.07) is 30.0. The second-order valence-corrected chi connectivity index (χ2v) is 9.78. The van der Waals surface area contributed by atoms with Gasteiger partial charge in [0.25, 0.3) is 0 Å². The molecule has 3 aromatic rings. The van der Waals surface area contributed by atoms with E-state index in [1.807, 2.05) is 12.1 Å². The largest absolute Gasteiger partial charge is 0.145 e. The van der Waals surface area contributed by atoms with Crippen molar-refractivity contribution in [1.82, 2.24) is 0 Å². The Kier molecular flexibility index (Phi) is 3.96. The fourth-order valence-electron chi connectivity index (χ4n) is 2.83. The monoisotopic (exact) mass is 308 g/mol. The summed E-state index contributed by atoms with van der Waals surface area (Å²) in [5, 5.41) is 5.00.